The average Bonchev–Trinajstić information content (AvgIpc) is 2.66. The van der Waals surface area contributed by atoms with E-state index in [-0.39, 0.29) is 12.1 Å². The van der Waals surface area contributed by atoms with Crippen LogP contribution in [0.2, 0.25) is 0 Å². The van der Waals surface area contributed by atoms with Gasteiger partial charge < -0.3 is 5.32 Å². The third-order valence-corrected chi connectivity index (χ3v) is 3.78. The van der Waals surface area contributed by atoms with Crippen LogP contribution in [0.25, 0.3) is 12.2 Å². The lowest BCUT2D eigenvalue weighted by Gasteiger charge is -2.10. The zero-order valence-corrected chi connectivity index (χ0v) is 14.1. The molecule has 7 heteroatoms. The van der Waals surface area contributed by atoms with Crippen molar-refractivity contribution >= 4 is 17.8 Å². The lowest BCUT2D eigenvalue weighted by Crippen LogP contribution is -2.06. The zero-order chi connectivity index (χ0) is 19.3. The molecule has 0 aliphatic heterocycles. The van der Waals surface area contributed by atoms with Gasteiger partial charge in [-0.2, -0.15) is 18.3 Å². The Labute approximate surface area is 153 Å². The summed E-state index contributed by atoms with van der Waals surface area (Å²) in [5.41, 5.74) is 1.89. The van der Waals surface area contributed by atoms with Crippen LogP contribution in [0.3, 0.4) is 0 Å². The van der Waals surface area contributed by atoms with Crippen molar-refractivity contribution in [1.82, 2.24) is 10.2 Å². The van der Waals surface area contributed by atoms with Crippen LogP contribution in [-0.2, 0) is 12.7 Å². The third kappa shape index (κ3) is 5.31. The highest BCUT2D eigenvalue weighted by atomic mass is 19.4. The first kappa shape index (κ1) is 18.4. The maximum Gasteiger partial charge on any atom is 0.416 e. The summed E-state index contributed by atoms with van der Waals surface area (Å²) in [4.78, 5) is 11.0. The molecule has 3 rings (SSSR count). The number of H-pyrrole nitrogens is 1. The van der Waals surface area contributed by atoms with Gasteiger partial charge in [0.15, 0.2) is 0 Å². The van der Waals surface area contributed by atoms with E-state index in [1.54, 1.807) is 18.2 Å². The Morgan fingerprint density at radius 3 is 2.56 bits per heavy atom. The molecule has 0 bridgehead atoms. The summed E-state index contributed by atoms with van der Waals surface area (Å²) in [5, 5.41) is 9.36. The second kappa shape index (κ2) is 7.90. The molecule has 2 N–H and O–H groups in total. The van der Waals surface area contributed by atoms with Gasteiger partial charge in [-0.1, -0.05) is 30.3 Å². The summed E-state index contributed by atoms with van der Waals surface area (Å²) in [5.74, 6) is 0. The largest absolute Gasteiger partial charge is 0.416 e. The topological polar surface area (TPSA) is 57.8 Å². The number of nitrogens with zero attached hydrogens (tertiary/aromatic N) is 1. The summed E-state index contributed by atoms with van der Waals surface area (Å²) >= 11 is 0. The van der Waals surface area contributed by atoms with Gasteiger partial charge in [0.2, 0.25) is 0 Å². The molecule has 1 heterocycles. The van der Waals surface area contributed by atoms with E-state index < -0.39 is 11.7 Å². The molecule has 27 heavy (non-hydrogen) atoms. The van der Waals surface area contributed by atoms with Crippen LogP contribution >= 0.6 is 0 Å². The number of benzene rings is 2. The molecule has 0 amide bonds. The number of halogens is 3. The smallest absolute Gasteiger partial charge is 0.381 e. The maximum absolute atomic E-state index is 12.8. The molecule has 0 saturated heterocycles. The van der Waals surface area contributed by atoms with Crippen LogP contribution in [0.4, 0.5) is 18.9 Å². The van der Waals surface area contributed by atoms with Crippen molar-refractivity contribution in [1.29, 1.82) is 0 Å². The highest BCUT2D eigenvalue weighted by Crippen LogP contribution is 2.29. The fourth-order valence-corrected chi connectivity index (χ4v) is 2.44. The van der Waals surface area contributed by atoms with Crippen LogP contribution in [0.15, 0.2) is 65.5 Å². The number of rotatable bonds is 5. The molecule has 2 aromatic carbocycles. The second-order valence-electron chi connectivity index (χ2n) is 5.86. The van der Waals surface area contributed by atoms with E-state index in [4.69, 9.17) is 0 Å². The Kier molecular flexibility index (Phi) is 5.40. The predicted molar refractivity (Wildman–Crippen MR) is 99.0 cm³/mol. The highest BCUT2D eigenvalue weighted by molar-refractivity contribution is 5.69. The van der Waals surface area contributed by atoms with Crippen molar-refractivity contribution in [3.05, 3.63) is 93.4 Å². The Balaban J connectivity index is 1.67. The normalized spacial score (nSPS) is 11.7. The van der Waals surface area contributed by atoms with Crippen molar-refractivity contribution in [3.8, 4) is 0 Å². The number of anilines is 1. The maximum atomic E-state index is 12.8. The van der Waals surface area contributed by atoms with Gasteiger partial charge in [-0.3, -0.25) is 4.79 Å². The monoisotopic (exact) mass is 371 g/mol. The van der Waals surface area contributed by atoms with Crippen LogP contribution in [-0.4, -0.2) is 10.2 Å². The molecule has 0 atom stereocenters. The van der Waals surface area contributed by atoms with Crippen molar-refractivity contribution in [2.24, 2.45) is 0 Å². The van der Waals surface area contributed by atoms with E-state index in [2.05, 4.69) is 15.5 Å². The first-order valence-electron chi connectivity index (χ1n) is 8.14. The van der Waals surface area contributed by atoms with E-state index >= 15 is 0 Å². The Bertz CT molecular complexity index is 989. The fraction of sp³-hybridized carbons (Fsp3) is 0.100. The van der Waals surface area contributed by atoms with E-state index in [0.29, 0.717) is 11.3 Å². The Morgan fingerprint density at radius 2 is 1.81 bits per heavy atom. The molecule has 0 fully saturated rings. The van der Waals surface area contributed by atoms with Crippen LogP contribution in [0.1, 0.15) is 22.4 Å². The van der Waals surface area contributed by atoms with Crippen molar-refractivity contribution in [3.63, 3.8) is 0 Å². The minimum atomic E-state index is -4.35. The second-order valence-corrected chi connectivity index (χ2v) is 5.86. The van der Waals surface area contributed by atoms with Gasteiger partial charge in [-0.25, -0.2) is 5.10 Å². The van der Waals surface area contributed by atoms with E-state index in [9.17, 15) is 18.0 Å². The number of hydrogen-bond acceptors (Lipinski definition) is 3. The molecular formula is C20H16F3N3O. The summed E-state index contributed by atoms with van der Waals surface area (Å²) in [7, 11) is 0. The molecule has 4 nitrogen and oxygen atoms in total. The predicted octanol–water partition coefficient (Wildman–Crippen LogP) is 4.57. The fourth-order valence-electron chi connectivity index (χ4n) is 2.44. The van der Waals surface area contributed by atoms with Gasteiger partial charge in [-0.15, -0.1) is 0 Å². The van der Waals surface area contributed by atoms with Gasteiger partial charge in [0.25, 0.3) is 5.56 Å². The Hall–Kier alpha value is -3.35. The van der Waals surface area contributed by atoms with Gasteiger partial charge in [-0.05, 0) is 47.5 Å². The SMILES string of the molecule is O=c1ccc(/C=C/c2cccc(NCc3cccc(C(F)(F)F)c3)c2)n[nH]1. The molecule has 3 aromatic rings. The van der Waals surface area contributed by atoms with Crippen molar-refractivity contribution < 1.29 is 13.2 Å². The zero-order valence-electron chi connectivity index (χ0n) is 14.1. The van der Waals surface area contributed by atoms with E-state index in [1.165, 1.54) is 12.1 Å². The lowest BCUT2D eigenvalue weighted by molar-refractivity contribution is -0.137. The number of nitrogens with one attached hydrogen (secondary N) is 2. The number of aromatic amines is 1. The standard InChI is InChI=1S/C20H16F3N3O/c21-20(22,23)16-5-1-4-15(11-16)13-24-18-6-2-3-14(12-18)7-8-17-9-10-19(27)26-25-17/h1-12,24H,13H2,(H,26,27)/b8-7+. The van der Waals surface area contributed by atoms with Gasteiger partial charge >= 0.3 is 6.18 Å². The lowest BCUT2D eigenvalue weighted by atomic mass is 10.1. The summed E-state index contributed by atoms with van der Waals surface area (Å²) in [6, 6.07) is 15.7. The molecule has 0 unspecified atom stereocenters. The molecule has 0 aliphatic rings. The quantitative estimate of drug-likeness (QED) is 0.691. The summed E-state index contributed by atoms with van der Waals surface area (Å²) < 4.78 is 38.3. The molecule has 138 valence electrons. The minimum Gasteiger partial charge on any atom is -0.381 e. The summed E-state index contributed by atoms with van der Waals surface area (Å²) in [6.45, 7) is 0.276. The van der Waals surface area contributed by atoms with Crippen LogP contribution in [0, 0.1) is 0 Å². The van der Waals surface area contributed by atoms with E-state index in [1.807, 2.05) is 30.3 Å². The van der Waals surface area contributed by atoms with Gasteiger partial charge in [0, 0.05) is 18.3 Å². The minimum absolute atomic E-state index is 0.270. The third-order valence-electron chi connectivity index (χ3n) is 3.78. The first-order chi connectivity index (χ1) is 12.9. The van der Waals surface area contributed by atoms with Crippen LogP contribution in [0.5, 0.6) is 0 Å². The highest BCUT2D eigenvalue weighted by Gasteiger charge is 2.30. The molecule has 0 radical (unpaired) electrons. The Morgan fingerprint density at radius 1 is 1.00 bits per heavy atom. The van der Waals surface area contributed by atoms with Gasteiger partial charge in [0.1, 0.15) is 0 Å². The number of aromatic nitrogens is 2. The van der Waals surface area contributed by atoms with Crippen molar-refractivity contribution in [2.45, 2.75) is 12.7 Å². The molecular weight excluding hydrogens is 355 g/mol. The molecule has 0 spiro atoms. The van der Waals surface area contributed by atoms with Crippen LogP contribution < -0.4 is 10.9 Å². The van der Waals surface area contributed by atoms with Gasteiger partial charge in [0.05, 0.1) is 11.3 Å². The average molecular weight is 371 g/mol. The number of hydrogen-bond donors (Lipinski definition) is 2. The number of alkyl halides is 3. The van der Waals surface area contributed by atoms with Crippen molar-refractivity contribution in [2.75, 3.05) is 5.32 Å². The van der Waals surface area contributed by atoms with E-state index in [0.717, 1.165) is 23.4 Å². The first-order valence-corrected chi connectivity index (χ1v) is 8.14. The molecule has 1 aromatic heterocycles. The molecule has 0 saturated carbocycles. The molecule has 0 aliphatic carbocycles. The summed E-state index contributed by atoms with van der Waals surface area (Å²) in [6.07, 6.45) is -0.769.